The molecule has 2 heterocycles. The molecule has 4 nitrogen and oxygen atoms in total. The van der Waals surface area contributed by atoms with Crippen molar-refractivity contribution in [3.05, 3.63) is 57.8 Å². The average Bonchev–Trinajstić information content (AvgIpc) is 3.26. The first kappa shape index (κ1) is 19.4. The van der Waals surface area contributed by atoms with E-state index >= 15 is 0 Å². The zero-order chi connectivity index (χ0) is 19.8. The number of thiocarbonyl (C=S) groups is 1. The molecule has 0 aromatic heterocycles. The van der Waals surface area contributed by atoms with Gasteiger partial charge in [-0.1, -0.05) is 29.3 Å². The predicted molar refractivity (Wildman–Crippen MR) is 115 cm³/mol. The van der Waals surface area contributed by atoms with Crippen LogP contribution in [0.1, 0.15) is 18.4 Å². The molecule has 0 N–H and O–H groups in total. The highest BCUT2D eigenvalue weighted by atomic mass is 35.5. The molecule has 0 unspecified atom stereocenters. The second-order valence-corrected chi connectivity index (χ2v) is 8.11. The van der Waals surface area contributed by atoms with E-state index in [1.807, 2.05) is 12.1 Å². The van der Waals surface area contributed by atoms with Gasteiger partial charge in [0.2, 0.25) is 0 Å². The molecule has 0 aliphatic carbocycles. The number of benzene rings is 2. The lowest BCUT2D eigenvalue weighted by Gasteiger charge is -2.23. The molecular formula is C20H18Cl2FN3OS. The maximum atomic E-state index is 13.3. The first-order valence-electron chi connectivity index (χ1n) is 9.04. The molecule has 146 valence electrons. The minimum Gasteiger partial charge on any atom is -0.370 e. The number of carbonyl (C=O) groups excluding carboxylic acids is 1. The fourth-order valence-electron chi connectivity index (χ4n) is 3.63. The molecule has 2 saturated heterocycles. The van der Waals surface area contributed by atoms with Gasteiger partial charge in [0.1, 0.15) is 12.4 Å². The van der Waals surface area contributed by atoms with Crippen molar-refractivity contribution in [2.75, 3.05) is 29.4 Å². The molecule has 0 radical (unpaired) electrons. The molecule has 2 aromatic rings. The first-order valence-corrected chi connectivity index (χ1v) is 10.2. The molecule has 2 fully saturated rings. The largest absolute Gasteiger partial charge is 0.370 e. The van der Waals surface area contributed by atoms with Crippen molar-refractivity contribution >= 4 is 57.8 Å². The summed E-state index contributed by atoms with van der Waals surface area (Å²) in [6, 6.07) is 9.81. The van der Waals surface area contributed by atoms with Crippen LogP contribution in [-0.2, 0) is 11.3 Å². The number of rotatable bonds is 4. The summed E-state index contributed by atoms with van der Waals surface area (Å²) in [6.07, 6.45) is 2.32. The zero-order valence-corrected chi connectivity index (χ0v) is 17.3. The van der Waals surface area contributed by atoms with Gasteiger partial charge in [0.15, 0.2) is 5.11 Å². The smallest absolute Gasteiger partial charge is 0.252 e. The predicted octanol–water partition coefficient (Wildman–Crippen LogP) is 4.87. The number of nitrogens with zero attached hydrogens (tertiary/aromatic N) is 3. The highest BCUT2D eigenvalue weighted by Gasteiger charge is 2.34. The summed E-state index contributed by atoms with van der Waals surface area (Å²) < 4.78 is 13.3. The highest BCUT2D eigenvalue weighted by Crippen LogP contribution is 2.34. The third kappa shape index (κ3) is 3.69. The Bertz CT molecular complexity index is 949. The highest BCUT2D eigenvalue weighted by molar-refractivity contribution is 7.80. The summed E-state index contributed by atoms with van der Waals surface area (Å²) in [4.78, 5) is 18.1. The van der Waals surface area contributed by atoms with Crippen molar-refractivity contribution in [3.8, 4) is 0 Å². The summed E-state index contributed by atoms with van der Waals surface area (Å²) in [6.45, 7) is 2.45. The number of hydrogen-bond acceptors (Lipinski definition) is 3. The van der Waals surface area contributed by atoms with E-state index in [0.29, 0.717) is 33.0 Å². The van der Waals surface area contributed by atoms with Crippen LogP contribution in [0, 0.1) is 5.82 Å². The average molecular weight is 438 g/mol. The van der Waals surface area contributed by atoms with Crippen molar-refractivity contribution in [3.63, 3.8) is 0 Å². The second kappa shape index (κ2) is 7.85. The summed E-state index contributed by atoms with van der Waals surface area (Å²) in [5, 5.41) is 1.30. The van der Waals surface area contributed by atoms with Gasteiger partial charge in [-0.3, -0.25) is 9.69 Å². The SMILES string of the molecule is O=C1CN(Cc2ccc(F)cc2Cl)C(=S)N1c1ccc(N2CCCC2)c(Cl)c1. The van der Waals surface area contributed by atoms with E-state index < -0.39 is 5.82 Å². The van der Waals surface area contributed by atoms with E-state index in [9.17, 15) is 9.18 Å². The van der Waals surface area contributed by atoms with Gasteiger partial charge in [0, 0.05) is 24.7 Å². The third-order valence-electron chi connectivity index (χ3n) is 5.05. The minimum absolute atomic E-state index is 0.131. The lowest BCUT2D eigenvalue weighted by Crippen LogP contribution is -2.32. The van der Waals surface area contributed by atoms with Gasteiger partial charge in [0.05, 0.1) is 16.4 Å². The van der Waals surface area contributed by atoms with E-state index in [-0.39, 0.29) is 12.5 Å². The van der Waals surface area contributed by atoms with Crippen LogP contribution in [0.25, 0.3) is 0 Å². The standard InChI is InChI=1S/C20H18Cl2FN3OS/c21-16-9-14(23)4-3-13(16)11-25-12-19(27)26(20(25)28)15-5-6-18(17(22)10-15)24-7-1-2-8-24/h3-6,9-10H,1-2,7-8,11-12H2. The van der Waals surface area contributed by atoms with E-state index in [1.165, 1.54) is 17.0 Å². The van der Waals surface area contributed by atoms with Crippen molar-refractivity contribution < 1.29 is 9.18 Å². The van der Waals surface area contributed by atoms with Crippen LogP contribution in [0.2, 0.25) is 10.0 Å². The van der Waals surface area contributed by atoms with E-state index in [1.54, 1.807) is 17.0 Å². The Hall–Kier alpha value is -1.89. The van der Waals surface area contributed by atoms with Gasteiger partial charge in [-0.05, 0) is 61.0 Å². The second-order valence-electron chi connectivity index (χ2n) is 6.93. The monoisotopic (exact) mass is 437 g/mol. The zero-order valence-electron chi connectivity index (χ0n) is 15.0. The molecule has 0 saturated carbocycles. The first-order chi connectivity index (χ1) is 13.4. The number of carbonyl (C=O) groups is 1. The lowest BCUT2D eigenvalue weighted by molar-refractivity contribution is -0.116. The Morgan fingerprint density at radius 1 is 1.04 bits per heavy atom. The van der Waals surface area contributed by atoms with Crippen LogP contribution in [0.5, 0.6) is 0 Å². The molecule has 2 aliphatic rings. The molecule has 0 atom stereocenters. The molecule has 2 aromatic carbocycles. The molecule has 1 amide bonds. The lowest BCUT2D eigenvalue weighted by atomic mass is 10.2. The van der Waals surface area contributed by atoms with E-state index in [4.69, 9.17) is 35.4 Å². The summed E-state index contributed by atoms with van der Waals surface area (Å²) >= 11 is 18.1. The molecule has 8 heteroatoms. The van der Waals surface area contributed by atoms with Crippen LogP contribution >= 0.6 is 35.4 Å². The van der Waals surface area contributed by atoms with Crippen molar-refractivity contribution in [1.82, 2.24) is 4.90 Å². The summed E-state index contributed by atoms with van der Waals surface area (Å²) in [5.41, 5.74) is 2.34. The Morgan fingerprint density at radius 2 is 1.79 bits per heavy atom. The van der Waals surface area contributed by atoms with Crippen LogP contribution in [0.15, 0.2) is 36.4 Å². The quantitative estimate of drug-likeness (QED) is 0.637. The Labute approximate surface area is 178 Å². The molecule has 28 heavy (non-hydrogen) atoms. The Morgan fingerprint density at radius 3 is 2.46 bits per heavy atom. The van der Waals surface area contributed by atoms with Gasteiger partial charge in [-0.2, -0.15) is 0 Å². The molecule has 0 spiro atoms. The molecule has 2 aliphatic heterocycles. The summed E-state index contributed by atoms with van der Waals surface area (Å²) in [5.74, 6) is -0.531. The van der Waals surface area contributed by atoms with E-state index in [2.05, 4.69) is 4.90 Å². The molecule has 4 rings (SSSR count). The number of anilines is 2. The van der Waals surface area contributed by atoms with Crippen molar-refractivity contribution in [2.24, 2.45) is 0 Å². The van der Waals surface area contributed by atoms with E-state index in [0.717, 1.165) is 31.6 Å². The normalized spacial score (nSPS) is 17.2. The van der Waals surface area contributed by atoms with Crippen molar-refractivity contribution in [1.29, 1.82) is 0 Å². The van der Waals surface area contributed by atoms with Gasteiger partial charge >= 0.3 is 0 Å². The Balaban J connectivity index is 1.54. The maximum Gasteiger partial charge on any atom is 0.252 e. The number of halogens is 3. The Kier molecular flexibility index (Phi) is 5.45. The number of amides is 1. The van der Waals surface area contributed by atoms with Gasteiger partial charge < -0.3 is 9.80 Å². The molecule has 0 bridgehead atoms. The van der Waals surface area contributed by atoms with Gasteiger partial charge in [0.25, 0.3) is 5.91 Å². The van der Waals surface area contributed by atoms with Crippen LogP contribution in [0.4, 0.5) is 15.8 Å². The maximum absolute atomic E-state index is 13.3. The number of hydrogen-bond donors (Lipinski definition) is 0. The minimum atomic E-state index is -0.400. The topological polar surface area (TPSA) is 26.8 Å². The third-order valence-corrected chi connectivity index (χ3v) is 6.15. The fraction of sp³-hybridized carbons (Fsp3) is 0.300. The van der Waals surface area contributed by atoms with Crippen molar-refractivity contribution in [2.45, 2.75) is 19.4 Å². The van der Waals surface area contributed by atoms with Crippen LogP contribution < -0.4 is 9.80 Å². The molecular weight excluding hydrogens is 420 g/mol. The van der Waals surface area contributed by atoms with Gasteiger partial charge in [-0.25, -0.2) is 4.39 Å². The summed E-state index contributed by atoms with van der Waals surface area (Å²) in [7, 11) is 0. The fourth-order valence-corrected chi connectivity index (χ4v) is 4.49. The van der Waals surface area contributed by atoms with Crippen LogP contribution in [-0.4, -0.2) is 35.6 Å². The van der Waals surface area contributed by atoms with Crippen LogP contribution in [0.3, 0.4) is 0 Å². The van der Waals surface area contributed by atoms with Gasteiger partial charge in [-0.15, -0.1) is 0 Å².